The number of ether oxygens (including phenoxy) is 1. The lowest BCUT2D eigenvalue weighted by atomic mass is 9.87. The fourth-order valence-electron chi connectivity index (χ4n) is 2.10. The monoisotopic (exact) mass is 230 g/mol. The fourth-order valence-corrected chi connectivity index (χ4v) is 2.10. The van der Waals surface area contributed by atoms with E-state index in [0.29, 0.717) is 13.2 Å². The van der Waals surface area contributed by atoms with Crippen molar-refractivity contribution in [1.82, 2.24) is 4.90 Å². The van der Waals surface area contributed by atoms with Crippen molar-refractivity contribution in [2.24, 2.45) is 5.41 Å². The number of nitrogens with zero attached hydrogens (tertiary/aromatic N) is 2. The van der Waals surface area contributed by atoms with E-state index in [1.54, 1.807) is 0 Å². The van der Waals surface area contributed by atoms with Crippen molar-refractivity contribution in [1.29, 1.82) is 5.26 Å². The van der Waals surface area contributed by atoms with Gasteiger partial charge >= 0.3 is 0 Å². The van der Waals surface area contributed by atoms with E-state index in [0.717, 1.165) is 19.5 Å². The van der Waals surface area contributed by atoms with Crippen molar-refractivity contribution in [2.75, 3.05) is 33.4 Å². The average molecular weight is 230 g/mol. The first-order chi connectivity index (χ1) is 8.24. The Morgan fingerprint density at radius 1 is 1.35 bits per heavy atom. The molecule has 0 saturated carbocycles. The van der Waals surface area contributed by atoms with E-state index in [1.165, 1.54) is 5.56 Å². The zero-order valence-corrected chi connectivity index (χ0v) is 10.2. The average Bonchev–Trinajstić information content (AvgIpc) is 2.33. The molecule has 0 bridgehead atoms. The third-order valence-corrected chi connectivity index (χ3v) is 3.19. The summed E-state index contributed by atoms with van der Waals surface area (Å²) in [5.41, 5.74) is 1.08. The highest BCUT2D eigenvalue weighted by molar-refractivity contribution is 5.15. The van der Waals surface area contributed by atoms with Crippen molar-refractivity contribution in [3.8, 4) is 6.07 Å². The van der Waals surface area contributed by atoms with E-state index >= 15 is 0 Å². The minimum atomic E-state index is -0.258. The second-order valence-corrected chi connectivity index (χ2v) is 4.86. The second kappa shape index (κ2) is 5.31. The van der Waals surface area contributed by atoms with Crippen LogP contribution >= 0.6 is 0 Å². The van der Waals surface area contributed by atoms with Crippen LogP contribution in [-0.2, 0) is 11.2 Å². The highest BCUT2D eigenvalue weighted by Gasteiger charge is 2.39. The van der Waals surface area contributed by atoms with Crippen LogP contribution in [0.3, 0.4) is 0 Å². The molecule has 90 valence electrons. The highest BCUT2D eigenvalue weighted by Crippen LogP contribution is 2.27. The van der Waals surface area contributed by atoms with Crippen molar-refractivity contribution in [3.05, 3.63) is 35.9 Å². The molecule has 0 unspecified atom stereocenters. The van der Waals surface area contributed by atoms with E-state index < -0.39 is 0 Å². The molecular formula is C14H18N2O. The summed E-state index contributed by atoms with van der Waals surface area (Å²) in [5, 5.41) is 9.11. The van der Waals surface area contributed by atoms with Crippen LogP contribution in [0.2, 0.25) is 0 Å². The molecule has 0 radical (unpaired) electrons. The largest absolute Gasteiger partial charge is 0.378 e. The summed E-state index contributed by atoms with van der Waals surface area (Å²) in [6, 6.07) is 12.8. The van der Waals surface area contributed by atoms with Crippen molar-refractivity contribution in [3.63, 3.8) is 0 Å². The topological polar surface area (TPSA) is 36.3 Å². The Kier molecular flexibility index (Phi) is 3.78. The highest BCUT2D eigenvalue weighted by atomic mass is 16.5. The predicted molar refractivity (Wildman–Crippen MR) is 66.5 cm³/mol. The standard InChI is InChI=1S/C14H18N2O/c1-16(10-14(9-15)11-17-12-14)8-7-13-5-3-2-4-6-13/h2-6H,7-8,10-12H2,1H3. The van der Waals surface area contributed by atoms with Crippen LogP contribution in [0.1, 0.15) is 5.56 Å². The molecule has 1 aromatic carbocycles. The molecule has 0 atom stereocenters. The molecule has 0 N–H and O–H groups in total. The zero-order valence-electron chi connectivity index (χ0n) is 10.2. The quantitative estimate of drug-likeness (QED) is 0.772. The van der Waals surface area contributed by atoms with E-state index in [4.69, 9.17) is 10.00 Å². The molecule has 0 spiro atoms. The first kappa shape index (κ1) is 12.1. The number of hydrogen-bond acceptors (Lipinski definition) is 3. The summed E-state index contributed by atoms with van der Waals surface area (Å²) in [7, 11) is 2.07. The molecule has 1 aliphatic rings. The van der Waals surface area contributed by atoms with E-state index in [9.17, 15) is 0 Å². The number of nitriles is 1. The summed E-state index contributed by atoms with van der Waals surface area (Å²) in [5.74, 6) is 0. The van der Waals surface area contributed by atoms with Crippen LogP contribution in [0.25, 0.3) is 0 Å². The van der Waals surface area contributed by atoms with Gasteiger partial charge < -0.3 is 9.64 Å². The third kappa shape index (κ3) is 3.06. The maximum atomic E-state index is 9.11. The van der Waals surface area contributed by atoms with Gasteiger partial charge in [0.05, 0.1) is 19.3 Å². The van der Waals surface area contributed by atoms with Gasteiger partial charge in [-0.1, -0.05) is 30.3 Å². The Bertz CT molecular complexity index is 392. The first-order valence-electron chi connectivity index (χ1n) is 5.96. The van der Waals surface area contributed by atoms with Gasteiger partial charge in [-0.15, -0.1) is 0 Å². The molecule has 3 nitrogen and oxygen atoms in total. The second-order valence-electron chi connectivity index (χ2n) is 4.86. The molecule has 1 aliphatic heterocycles. The molecule has 0 aliphatic carbocycles. The molecule has 1 fully saturated rings. The van der Waals surface area contributed by atoms with Gasteiger partial charge in [-0.05, 0) is 19.0 Å². The van der Waals surface area contributed by atoms with E-state index in [2.05, 4.69) is 42.3 Å². The zero-order chi connectivity index (χ0) is 12.1. The van der Waals surface area contributed by atoms with Crippen LogP contribution in [-0.4, -0.2) is 38.3 Å². The first-order valence-corrected chi connectivity index (χ1v) is 5.96. The van der Waals surface area contributed by atoms with Gasteiger partial charge in [-0.3, -0.25) is 0 Å². The molecule has 1 aromatic rings. The van der Waals surface area contributed by atoms with Crippen LogP contribution in [0.4, 0.5) is 0 Å². The normalized spacial score (nSPS) is 17.5. The minimum absolute atomic E-state index is 0.258. The molecule has 2 rings (SSSR count). The summed E-state index contributed by atoms with van der Waals surface area (Å²) in [6.07, 6.45) is 1.03. The summed E-state index contributed by atoms with van der Waals surface area (Å²) in [6.45, 7) is 2.95. The minimum Gasteiger partial charge on any atom is -0.378 e. The van der Waals surface area contributed by atoms with Gasteiger partial charge in [0.2, 0.25) is 0 Å². The fraction of sp³-hybridized carbons (Fsp3) is 0.500. The molecule has 1 saturated heterocycles. The molecule has 0 amide bonds. The lowest BCUT2D eigenvalue weighted by molar-refractivity contribution is -0.0886. The van der Waals surface area contributed by atoms with Crippen LogP contribution < -0.4 is 0 Å². The summed E-state index contributed by atoms with van der Waals surface area (Å²) >= 11 is 0. The number of rotatable bonds is 5. The van der Waals surface area contributed by atoms with Crippen molar-refractivity contribution >= 4 is 0 Å². The summed E-state index contributed by atoms with van der Waals surface area (Å²) < 4.78 is 5.14. The van der Waals surface area contributed by atoms with Crippen molar-refractivity contribution in [2.45, 2.75) is 6.42 Å². The summed E-state index contributed by atoms with van der Waals surface area (Å²) in [4.78, 5) is 2.22. The molecule has 3 heteroatoms. The Balaban J connectivity index is 1.78. The SMILES string of the molecule is CN(CCc1ccccc1)CC1(C#N)COC1. The maximum Gasteiger partial charge on any atom is 0.116 e. The Morgan fingerprint density at radius 2 is 2.06 bits per heavy atom. The molecular weight excluding hydrogens is 212 g/mol. The number of benzene rings is 1. The Morgan fingerprint density at radius 3 is 2.59 bits per heavy atom. The number of likely N-dealkylation sites (N-methyl/N-ethyl adjacent to an activating group) is 1. The van der Waals surface area contributed by atoms with Crippen molar-refractivity contribution < 1.29 is 4.74 Å². The van der Waals surface area contributed by atoms with Gasteiger partial charge in [-0.2, -0.15) is 5.26 Å². The lowest BCUT2D eigenvalue weighted by Gasteiger charge is -2.38. The van der Waals surface area contributed by atoms with Gasteiger partial charge in [-0.25, -0.2) is 0 Å². The molecule has 0 aromatic heterocycles. The molecule has 17 heavy (non-hydrogen) atoms. The van der Waals surface area contributed by atoms with Gasteiger partial charge in [0.15, 0.2) is 0 Å². The van der Waals surface area contributed by atoms with E-state index in [1.807, 2.05) is 6.07 Å². The van der Waals surface area contributed by atoms with Crippen LogP contribution in [0, 0.1) is 16.7 Å². The predicted octanol–water partition coefficient (Wildman–Crippen LogP) is 1.70. The molecule has 1 heterocycles. The maximum absolute atomic E-state index is 9.11. The third-order valence-electron chi connectivity index (χ3n) is 3.19. The van der Waals surface area contributed by atoms with Gasteiger partial charge in [0.25, 0.3) is 0 Å². The Hall–Kier alpha value is -1.37. The smallest absolute Gasteiger partial charge is 0.116 e. The number of hydrogen-bond donors (Lipinski definition) is 0. The van der Waals surface area contributed by atoms with E-state index in [-0.39, 0.29) is 5.41 Å². The Labute approximate surface area is 103 Å². The van der Waals surface area contributed by atoms with Crippen LogP contribution in [0.5, 0.6) is 0 Å². The van der Waals surface area contributed by atoms with Gasteiger partial charge in [0, 0.05) is 13.1 Å². The van der Waals surface area contributed by atoms with Gasteiger partial charge in [0.1, 0.15) is 5.41 Å². The lowest BCUT2D eigenvalue weighted by Crippen LogP contribution is -2.49. The van der Waals surface area contributed by atoms with Crippen LogP contribution in [0.15, 0.2) is 30.3 Å².